The topological polar surface area (TPSA) is 23.5 Å². The second-order valence-corrected chi connectivity index (χ2v) is 6.22. The first-order chi connectivity index (χ1) is 7.61. The molecule has 2 nitrogen and oxygen atoms in total. The van der Waals surface area contributed by atoms with Crippen LogP contribution in [0, 0.1) is 0 Å². The Morgan fingerprint density at radius 3 is 2.81 bits per heavy atom. The summed E-state index contributed by atoms with van der Waals surface area (Å²) < 4.78 is 0. The number of aliphatic hydroxyl groups is 1. The second kappa shape index (κ2) is 4.86. The van der Waals surface area contributed by atoms with Crippen LogP contribution in [0.5, 0.6) is 0 Å². The fourth-order valence-corrected chi connectivity index (χ4v) is 3.61. The number of rotatable bonds is 3. The number of likely N-dealkylation sites (tertiary alicyclic amines) is 1. The summed E-state index contributed by atoms with van der Waals surface area (Å²) in [5, 5.41) is 10.5. The van der Waals surface area contributed by atoms with Gasteiger partial charge in [-0.1, -0.05) is 6.92 Å². The fraction of sp³-hybridized carbons (Fsp3) is 0.692. The first-order valence-corrected chi connectivity index (χ1v) is 6.91. The molecule has 1 aliphatic rings. The van der Waals surface area contributed by atoms with E-state index in [1.165, 1.54) is 9.75 Å². The van der Waals surface area contributed by atoms with E-state index < -0.39 is 5.60 Å². The largest absolute Gasteiger partial charge is 0.388 e. The van der Waals surface area contributed by atoms with Crippen LogP contribution in [0.25, 0.3) is 0 Å². The van der Waals surface area contributed by atoms with Crippen LogP contribution in [0.4, 0.5) is 0 Å². The predicted octanol–water partition coefficient (Wildman–Crippen LogP) is 2.31. The van der Waals surface area contributed by atoms with Crippen LogP contribution >= 0.6 is 11.3 Å². The Morgan fingerprint density at radius 1 is 1.44 bits per heavy atom. The van der Waals surface area contributed by atoms with E-state index in [0.29, 0.717) is 0 Å². The number of piperidine rings is 1. The van der Waals surface area contributed by atoms with Crippen molar-refractivity contribution in [2.45, 2.75) is 38.2 Å². The van der Waals surface area contributed by atoms with Crippen molar-refractivity contribution < 1.29 is 5.11 Å². The number of hydrogen-bond acceptors (Lipinski definition) is 3. The number of aryl methyl sites for hydroxylation is 1. The van der Waals surface area contributed by atoms with Crippen LogP contribution in [0.3, 0.4) is 0 Å². The lowest BCUT2D eigenvalue weighted by molar-refractivity contribution is -0.0218. The van der Waals surface area contributed by atoms with Gasteiger partial charge in [-0.25, -0.2) is 0 Å². The molecule has 0 aliphatic carbocycles. The van der Waals surface area contributed by atoms with Gasteiger partial charge in [-0.05, 0) is 45.0 Å². The maximum atomic E-state index is 10.5. The molecular weight excluding hydrogens is 218 g/mol. The number of thiophene rings is 1. The van der Waals surface area contributed by atoms with Gasteiger partial charge in [-0.2, -0.15) is 0 Å². The monoisotopic (exact) mass is 239 g/mol. The zero-order valence-electron chi connectivity index (χ0n) is 10.2. The van der Waals surface area contributed by atoms with Crippen molar-refractivity contribution in [3.63, 3.8) is 0 Å². The lowest BCUT2D eigenvalue weighted by Crippen LogP contribution is -2.47. The highest BCUT2D eigenvalue weighted by Crippen LogP contribution is 2.28. The summed E-state index contributed by atoms with van der Waals surface area (Å²) in [6.07, 6.45) is 3.97. The van der Waals surface area contributed by atoms with Crippen LogP contribution in [0.1, 0.15) is 29.5 Å². The van der Waals surface area contributed by atoms with E-state index in [1.807, 2.05) is 11.3 Å². The van der Waals surface area contributed by atoms with Gasteiger partial charge in [0.15, 0.2) is 0 Å². The molecule has 1 fully saturated rings. The third-order valence-corrected chi connectivity index (χ3v) is 4.54. The molecule has 3 heteroatoms. The van der Waals surface area contributed by atoms with Crippen molar-refractivity contribution in [3.8, 4) is 0 Å². The van der Waals surface area contributed by atoms with Crippen LogP contribution in [-0.4, -0.2) is 35.7 Å². The van der Waals surface area contributed by atoms with Gasteiger partial charge in [0, 0.05) is 22.7 Å². The van der Waals surface area contributed by atoms with Crippen molar-refractivity contribution in [2.75, 3.05) is 20.1 Å². The molecule has 0 bridgehead atoms. The molecule has 1 unspecified atom stereocenters. The van der Waals surface area contributed by atoms with Gasteiger partial charge in [-0.15, -0.1) is 11.3 Å². The van der Waals surface area contributed by atoms with E-state index in [0.717, 1.165) is 38.8 Å². The molecule has 1 saturated heterocycles. The molecule has 0 saturated carbocycles. The Hall–Kier alpha value is -0.380. The zero-order chi connectivity index (χ0) is 11.6. The summed E-state index contributed by atoms with van der Waals surface area (Å²) in [7, 11) is 2.09. The van der Waals surface area contributed by atoms with Gasteiger partial charge in [-0.3, -0.25) is 0 Å². The standard InChI is InChI=1S/C13H21NOS/c1-3-11-5-6-12(16-11)9-13(15)7-4-8-14(2)10-13/h5-6,15H,3-4,7-10H2,1-2H3. The second-order valence-electron chi connectivity index (χ2n) is 4.96. The molecule has 1 atom stereocenters. The molecule has 90 valence electrons. The predicted molar refractivity (Wildman–Crippen MR) is 69.1 cm³/mol. The Labute approximate surface area is 102 Å². The van der Waals surface area contributed by atoms with Crippen molar-refractivity contribution in [1.82, 2.24) is 4.90 Å². The molecule has 1 aromatic rings. The molecule has 2 heterocycles. The zero-order valence-corrected chi connectivity index (χ0v) is 11.0. The van der Waals surface area contributed by atoms with Crippen molar-refractivity contribution in [2.24, 2.45) is 0 Å². The van der Waals surface area contributed by atoms with Gasteiger partial charge in [0.25, 0.3) is 0 Å². The van der Waals surface area contributed by atoms with E-state index in [2.05, 4.69) is 31.0 Å². The van der Waals surface area contributed by atoms with Gasteiger partial charge < -0.3 is 10.0 Å². The Balaban J connectivity index is 2.02. The summed E-state index contributed by atoms with van der Waals surface area (Å²) in [5.41, 5.74) is -0.497. The van der Waals surface area contributed by atoms with Crippen molar-refractivity contribution >= 4 is 11.3 Å². The number of β-amino-alcohol motifs (C(OH)–C–C–N with tert-alkyl or cyclic N) is 1. The summed E-state index contributed by atoms with van der Waals surface area (Å²) in [4.78, 5) is 4.98. The molecule has 0 aromatic carbocycles. The molecule has 1 N–H and O–H groups in total. The van der Waals surface area contributed by atoms with E-state index in [9.17, 15) is 5.11 Å². The van der Waals surface area contributed by atoms with E-state index in [4.69, 9.17) is 0 Å². The summed E-state index contributed by atoms with van der Waals surface area (Å²) in [6, 6.07) is 4.37. The Bertz CT molecular complexity index is 349. The van der Waals surface area contributed by atoms with Crippen LogP contribution < -0.4 is 0 Å². The van der Waals surface area contributed by atoms with Crippen LogP contribution in [0.15, 0.2) is 12.1 Å². The SMILES string of the molecule is CCc1ccc(CC2(O)CCCN(C)C2)s1. The summed E-state index contributed by atoms with van der Waals surface area (Å²) >= 11 is 1.85. The minimum absolute atomic E-state index is 0.497. The molecule has 0 radical (unpaired) electrons. The highest BCUT2D eigenvalue weighted by molar-refractivity contribution is 7.12. The van der Waals surface area contributed by atoms with Crippen molar-refractivity contribution in [3.05, 3.63) is 21.9 Å². The maximum Gasteiger partial charge on any atom is 0.0822 e. The molecule has 0 spiro atoms. The lowest BCUT2D eigenvalue weighted by atomic mass is 9.89. The Kier molecular flexibility index (Phi) is 3.67. The molecular formula is C13H21NOS. The highest BCUT2D eigenvalue weighted by atomic mass is 32.1. The third-order valence-electron chi connectivity index (χ3n) is 3.32. The average molecular weight is 239 g/mol. The average Bonchev–Trinajstić information content (AvgIpc) is 2.64. The third kappa shape index (κ3) is 2.84. The van der Waals surface area contributed by atoms with E-state index >= 15 is 0 Å². The number of hydrogen-bond donors (Lipinski definition) is 1. The Morgan fingerprint density at radius 2 is 2.19 bits per heavy atom. The van der Waals surface area contributed by atoms with E-state index in [-0.39, 0.29) is 0 Å². The minimum Gasteiger partial charge on any atom is -0.388 e. The van der Waals surface area contributed by atoms with Gasteiger partial charge in [0.2, 0.25) is 0 Å². The van der Waals surface area contributed by atoms with Gasteiger partial charge >= 0.3 is 0 Å². The summed E-state index contributed by atoms with van der Waals surface area (Å²) in [5.74, 6) is 0. The summed E-state index contributed by atoms with van der Waals surface area (Å²) in [6.45, 7) is 4.11. The quantitative estimate of drug-likeness (QED) is 0.875. The maximum absolute atomic E-state index is 10.5. The molecule has 16 heavy (non-hydrogen) atoms. The molecule has 2 rings (SSSR count). The van der Waals surface area contributed by atoms with Crippen molar-refractivity contribution in [1.29, 1.82) is 0 Å². The first kappa shape index (κ1) is 12.1. The number of likely N-dealkylation sites (N-methyl/N-ethyl adjacent to an activating group) is 1. The normalized spacial score (nSPS) is 27.2. The van der Waals surface area contributed by atoms with Gasteiger partial charge in [0.05, 0.1) is 5.60 Å². The minimum atomic E-state index is -0.497. The van der Waals surface area contributed by atoms with Gasteiger partial charge in [0.1, 0.15) is 0 Å². The molecule has 1 aliphatic heterocycles. The fourth-order valence-electron chi connectivity index (χ4n) is 2.51. The lowest BCUT2D eigenvalue weighted by Gasteiger charge is -2.37. The van der Waals surface area contributed by atoms with Crippen LogP contribution in [0.2, 0.25) is 0 Å². The van der Waals surface area contributed by atoms with E-state index in [1.54, 1.807) is 0 Å². The van der Waals surface area contributed by atoms with Crippen LogP contribution in [-0.2, 0) is 12.8 Å². The first-order valence-electron chi connectivity index (χ1n) is 6.10. The molecule has 0 amide bonds. The molecule has 1 aromatic heterocycles. The smallest absolute Gasteiger partial charge is 0.0822 e. The number of nitrogens with zero attached hydrogens (tertiary/aromatic N) is 1. The highest BCUT2D eigenvalue weighted by Gasteiger charge is 2.32.